The van der Waals surface area contributed by atoms with Gasteiger partial charge in [0, 0.05) is 5.56 Å². The molecule has 22 heavy (non-hydrogen) atoms. The van der Waals surface area contributed by atoms with E-state index in [0.29, 0.717) is 11.1 Å². The van der Waals surface area contributed by atoms with Gasteiger partial charge in [0.05, 0.1) is 29.4 Å². The molecule has 0 bridgehead atoms. The van der Waals surface area contributed by atoms with Crippen molar-refractivity contribution in [3.8, 4) is 11.3 Å². The van der Waals surface area contributed by atoms with E-state index in [4.69, 9.17) is 4.52 Å². The van der Waals surface area contributed by atoms with Gasteiger partial charge in [-0.05, 0) is 25.1 Å². The third kappa shape index (κ3) is 2.31. The lowest BCUT2D eigenvalue weighted by Gasteiger charge is -2.07. The molecule has 1 amide bonds. The number of halogens is 1. The highest BCUT2D eigenvalue weighted by Crippen LogP contribution is 2.28. The highest BCUT2D eigenvalue weighted by molar-refractivity contribution is 6.06. The second-order valence-corrected chi connectivity index (χ2v) is 4.62. The standard InChI is InChI=1S/C15H12FN3O3/c1-8-13-10(14(20)19-21-2)7-12(17-15(13)22-18-8)9-5-3-4-6-11(9)16/h3-7H,1-2H3,(H,19,20). The van der Waals surface area contributed by atoms with Crippen molar-refractivity contribution >= 4 is 17.0 Å². The van der Waals surface area contributed by atoms with Gasteiger partial charge in [-0.3, -0.25) is 9.63 Å². The first-order valence-electron chi connectivity index (χ1n) is 6.47. The summed E-state index contributed by atoms with van der Waals surface area (Å²) in [7, 11) is 1.33. The maximum atomic E-state index is 14.0. The normalized spacial score (nSPS) is 10.9. The summed E-state index contributed by atoms with van der Waals surface area (Å²) in [6.07, 6.45) is 0. The van der Waals surface area contributed by atoms with E-state index in [1.807, 2.05) is 0 Å². The largest absolute Gasteiger partial charge is 0.335 e. The zero-order chi connectivity index (χ0) is 15.7. The summed E-state index contributed by atoms with van der Waals surface area (Å²) in [5.74, 6) is -0.928. The highest BCUT2D eigenvalue weighted by Gasteiger charge is 2.20. The molecule has 0 unspecified atom stereocenters. The number of hydrogen-bond acceptors (Lipinski definition) is 5. The van der Waals surface area contributed by atoms with E-state index < -0.39 is 11.7 Å². The molecule has 2 aromatic heterocycles. The summed E-state index contributed by atoms with van der Waals surface area (Å²) in [6, 6.07) is 7.64. The first kappa shape index (κ1) is 14.2. The van der Waals surface area contributed by atoms with Crippen molar-refractivity contribution in [3.05, 3.63) is 47.4 Å². The fourth-order valence-electron chi connectivity index (χ4n) is 2.23. The molecule has 0 saturated carbocycles. The summed E-state index contributed by atoms with van der Waals surface area (Å²) in [4.78, 5) is 21.0. The van der Waals surface area contributed by atoms with Crippen LogP contribution in [0.15, 0.2) is 34.9 Å². The zero-order valence-corrected chi connectivity index (χ0v) is 11.9. The number of carbonyl (C=O) groups is 1. The number of aryl methyl sites for hydroxylation is 1. The molecular weight excluding hydrogens is 289 g/mol. The summed E-state index contributed by atoms with van der Waals surface area (Å²) in [5.41, 5.74) is 3.72. The first-order valence-corrected chi connectivity index (χ1v) is 6.47. The Bertz CT molecular complexity index is 860. The zero-order valence-electron chi connectivity index (χ0n) is 11.9. The van der Waals surface area contributed by atoms with Crippen molar-refractivity contribution in [2.24, 2.45) is 0 Å². The fourth-order valence-corrected chi connectivity index (χ4v) is 2.23. The smallest absolute Gasteiger partial charge is 0.275 e. The van der Waals surface area contributed by atoms with Crippen LogP contribution in [0.5, 0.6) is 0 Å². The molecule has 0 aliphatic carbocycles. The Morgan fingerprint density at radius 3 is 2.86 bits per heavy atom. The number of benzene rings is 1. The second-order valence-electron chi connectivity index (χ2n) is 4.62. The Labute approximate surface area is 124 Å². The molecular formula is C15H12FN3O3. The topological polar surface area (TPSA) is 77.2 Å². The SMILES string of the molecule is CONC(=O)c1cc(-c2ccccc2F)nc2onc(C)c12. The number of nitrogens with zero attached hydrogens (tertiary/aromatic N) is 2. The number of hydroxylamine groups is 1. The molecule has 0 aliphatic rings. The first-order chi connectivity index (χ1) is 10.6. The molecule has 112 valence electrons. The molecule has 0 spiro atoms. The van der Waals surface area contributed by atoms with Crippen LogP contribution in [0.3, 0.4) is 0 Å². The maximum Gasteiger partial charge on any atom is 0.275 e. The van der Waals surface area contributed by atoms with Crippen LogP contribution in [0, 0.1) is 12.7 Å². The lowest BCUT2D eigenvalue weighted by molar-refractivity contribution is 0.0539. The monoisotopic (exact) mass is 301 g/mol. The lowest BCUT2D eigenvalue weighted by atomic mass is 10.0. The van der Waals surface area contributed by atoms with Crippen molar-refractivity contribution in [1.29, 1.82) is 0 Å². The minimum atomic E-state index is -0.487. The van der Waals surface area contributed by atoms with Crippen LogP contribution in [-0.4, -0.2) is 23.2 Å². The van der Waals surface area contributed by atoms with Crippen molar-refractivity contribution in [2.75, 3.05) is 7.11 Å². The number of aromatic nitrogens is 2. The predicted octanol–water partition coefficient (Wildman–Crippen LogP) is 2.63. The quantitative estimate of drug-likeness (QED) is 0.752. The number of carbonyl (C=O) groups excluding carboxylic acids is 1. The van der Waals surface area contributed by atoms with Gasteiger partial charge >= 0.3 is 0 Å². The second kappa shape index (κ2) is 5.53. The Balaban J connectivity index is 2.26. The molecule has 0 fully saturated rings. The van der Waals surface area contributed by atoms with Crippen molar-refractivity contribution in [3.63, 3.8) is 0 Å². The number of hydrogen-bond donors (Lipinski definition) is 1. The van der Waals surface area contributed by atoms with E-state index in [2.05, 4.69) is 20.5 Å². The predicted molar refractivity (Wildman–Crippen MR) is 76.4 cm³/mol. The Morgan fingerprint density at radius 2 is 2.14 bits per heavy atom. The van der Waals surface area contributed by atoms with Crippen LogP contribution in [0.2, 0.25) is 0 Å². The Hall–Kier alpha value is -2.80. The van der Waals surface area contributed by atoms with Crippen molar-refractivity contribution < 1.29 is 18.5 Å². The van der Waals surface area contributed by atoms with Crippen LogP contribution < -0.4 is 5.48 Å². The van der Waals surface area contributed by atoms with Gasteiger partial charge in [-0.1, -0.05) is 17.3 Å². The minimum Gasteiger partial charge on any atom is -0.335 e. The number of nitrogens with one attached hydrogen (secondary N) is 1. The van der Waals surface area contributed by atoms with Gasteiger partial charge in [-0.15, -0.1) is 0 Å². The molecule has 2 heterocycles. The third-order valence-electron chi connectivity index (χ3n) is 3.21. The summed E-state index contributed by atoms with van der Waals surface area (Å²) in [5, 5.41) is 4.27. The Kier molecular flexibility index (Phi) is 3.56. The van der Waals surface area contributed by atoms with Crippen LogP contribution in [0.25, 0.3) is 22.4 Å². The van der Waals surface area contributed by atoms with E-state index >= 15 is 0 Å². The molecule has 3 aromatic rings. The third-order valence-corrected chi connectivity index (χ3v) is 3.21. The number of amides is 1. The Morgan fingerprint density at radius 1 is 1.36 bits per heavy atom. The van der Waals surface area contributed by atoms with Crippen LogP contribution in [-0.2, 0) is 4.84 Å². The van der Waals surface area contributed by atoms with E-state index in [1.165, 1.54) is 19.2 Å². The van der Waals surface area contributed by atoms with Gasteiger partial charge in [-0.2, -0.15) is 0 Å². The molecule has 0 radical (unpaired) electrons. The number of rotatable bonds is 3. The molecule has 6 nitrogen and oxygen atoms in total. The maximum absolute atomic E-state index is 14.0. The average Bonchev–Trinajstić information content (AvgIpc) is 2.88. The fraction of sp³-hybridized carbons (Fsp3) is 0.133. The molecule has 0 atom stereocenters. The summed E-state index contributed by atoms with van der Waals surface area (Å²) < 4.78 is 19.1. The van der Waals surface area contributed by atoms with E-state index in [0.717, 1.165) is 0 Å². The van der Waals surface area contributed by atoms with Gasteiger partial charge in [-0.25, -0.2) is 14.9 Å². The molecule has 1 aromatic carbocycles. The highest BCUT2D eigenvalue weighted by atomic mass is 19.1. The van der Waals surface area contributed by atoms with Crippen molar-refractivity contribution in [1.82, 2.24) is 15.6 Å². The number of fused-ring (bicyclic) bond motifs is 1. The average molecular weight is 301 g/mol. The van der Waals surface area contributed by atoms with Gasteiger partial charge in [0.25, 0.3) is 11.6 Å². The summed E-state index contributed by atoms with van der Waals surface area (Å²) in [6.45, 7) is 1.69. The van der Waals surface area contributed by atoms with Crippen LogP contribution >= 0.6 is 0 Å². The van der Waals surface area contributed by atoms with E-state index in [1.54, 1.807) is 25.1 Å². The minimum absolute atomic E-state index is 0.166. The molecule has 7 heteroatoms. The molecule has 1 N–H and O–H groups in total. The number of pyridine rings is 1. The van der Waals surface area contributed by atoms with Gasteiger partial charge in [0.15, 0.2) is 0 Å². The van der Waals surface area contributed by atoms with E-state index in [9.17, 15) is 9.18 Å². The molecule has 0 aliphatic heterocycles. The van der Waals surface area contributed by atoms with Gasteiger partial charge in [0.1, 0.15) is 5.82 Å². The van der Waals surface area contributed by atoms with Crippen molar-refractivity contribution in [2.45, 2.75) is 6.92 Å². The molecule has 3 rings (SSSR count). The summed E-state index contributed by atoms with van der Waals surface area (Å²) >= 11 is 0. The molecule has 0 saturated heterocycles. The van der Waals surface area contributed by atoms with E-state index in [-0.39, 0.29) is 22.5 Å². The van der Waals surface area contributed by atoms with Crippen LogP contribution in [0.1, 0.15) is 16.1 Å². The van der Waals surface area contributed by atoms with Gasteiger partial charge < -0.3 is 4.52 Å². The van der Waals surface area contributed by atoms with Crippen LogP contribution in [0.4, 0.5) is 4.39 Å². The lowest BCUT2D eigenvalue weighted by Crippen LogP contribution is -2.22. The van der Waals surface area contributed by atoms with Gasteiger partial charge in [0.2, 0.25) is 0 Å².